The number of hydrogen-bond donors (Lipinski definition) is 2. The zero-order valence-corrected chi connectivity index (χ0v) is 15.4. The molecule has 2 N–H and O–H groups in total. The van der Waals surface area contributed by atoms with Crippen LogP contribution in [0.4, 0.5) is 0 Å². The summed E-state index contributed by atoms with van der Waals surface area (Å²) in [4.78, 5) is 10.1. The van der Waals surface area contributed by atoms with Gasteiger partial charge >= 0.3 is 51.4 Å². The van der Waals surface area contributed by atoms with Gasteiger partial charge in [-0.2, -0.15) is 0 Å². The average molecular weight is 297 g/mol. The van der Waals surface area contributed by atoms with Crippen LogP contribution >= 0.6 is 0 Å². The van der Waals surface area contributed by atoms with E-state index in [4.69, 9.17) is 16.3 Å². The number of carbonyl (C=O) groups is 1. The fourth-order valence-electron chi connectivity index (χ4n) is 0.895. The summed E-state index contributed by atoms with van der Waals surface area (Å²) in [6, 6.07) is 0. The molecule has 0 saturated heterocycles. The molecule has 0 aliphatic carbocycles. The molecule has 0 aromatic rings. The van der Waals surface area contributed by atoms with E-state index in [-0.39, 0.29) is 70.6 Å². The topological polar surface area (TPSA) is 81.6 Å². The first-order valence-corrected chi connectivity index (χ1v) is 6.13. The van der Waals surface area contributed by atoms with Gasteiger partial charge in [0.1, 0.15) is 0 Å². The summed E-state index contributed by atoms with van der Waals surface area (Å²) in [5.41, 5.74) is 0. The number of aliphatic hydroxyl groups excluding tert-OH is 1. The van der Waals surface area contributed by atoms with E-state index in [1.165, 1.54) is 6.42 Å². The van der Waals surface area contributed by atoms with Crippen molar-refractivity contribution in [3.05, 3.63) is 0 Å². The molecule has 0 fully saturated rings. The van der Waals surface area contributed by atoms with Gasteiger partial charge in [-0.3, -0.25) is 4.79 Å². The molecule has 0 aromatic heterocycles. The molecule has 0 aliphatic heterocycles. The predicted molar refractivity (Wildman–Crippen MR) is 68.7 cm³/mol. The second-order valence-corrected chi connectivity index (χ2v) is 3.67. The normalized spacial score (nSPS) is 10.3. The largest absolute Gasteiger partial charge is 1.00 e. The van der Waals surface area contributed by atoms with E-state index in [0.717, 1.165) is 19.4 Å². The summed E-state index contributed by atoms with van der Waals surface area (Å²) in [7, 11) is 0. The molecule has 19 heavy (non-hydrogen) atoms. The van der Waals surface area contributed by atoms with Crippen LogP contribution in [0.15, 0.2) is 0 Å². The Balaban J connectivity index is -0.000000262. The molecule has 1 atom stereocenters. The number of hydrogen-bond acceptors (Lipinski definition) is 4. The molecule has 0 rings (SSSR count). The predicted octanol–water partition coefficient (Wildman–Crippen LogP) is -3.33. The molecule has 6 heteroatoms. The molecule has 5 nitrogen and oxygen atoms in total. The number of ether oxygens (including phenoxy) is 1. The number of terminal acetylenes is 1. The first-order valence-electron chi connectivity index (χ1n) is 6.13. The summed E-state index contributed by atoms with van der Waals surface area (Å²) in [6.45, 7) is 4.58. The fourth-order valence-corrected chi connectivity index (χ4v) is 0.895. The molecule has 106 valence electrons. The Kier molecular flexibility index (Phi) is 27.0. The number of unbranched alkanes of at least 4 members (excludes halogenated alkanes) is 1. The SMILES string of the molecule is C#CCNC(=O)C[O-].CCCCOC(C)CCO.[K+]. The third-order valence-electron chi connectivity index (χ3n) is 1.95. The third-order valence-corrected chi connectivity index (χ3v) is 1.95. The van der Waals surface area contributed by atoms with Crippen LogP contribution in [0.3, 0.4) is 0 Å². The van der Waals surface area contributed by atoms with Gasteiger partial charge in [0.25, 0.3) is 0 Å². The van der Waals surface area contributed by atoms with Crippen LogP contribution in [0.5, 0.6) is 0 Å². The van der Waals surface area contributed by atoms with E-state index >= 15 is 0 Å². The first kappa shape index (κ1) is 24.6. The molecular formula is C13H24KNO4. The summed E-state index contributed by atoms with van der Waals surface area (Å²) < 4.78 is 5.36. The molecular weight excluding hydrogens is 273 g/mol. The first-order chi connectivity index (χ1) is 8.62. The van der Waals surface area contributed by atoms with Crippen LogP contribution in [-0.4, -0.2) is 43.5 Å². The second kappa shape index (κ2) is 20.9. The molecule has 1 amide bonds. The maximum atomic E-state index is 10.1. The molecule has 0 spiro atoms. The Morgan fingerprint density at radius 3 is 2.63 bits per heavy atom. The monoisotopic (exact) mass is 297 g/mol. The van der Waals surface area contributed by atoms with Gasteiger partial charge in [-0.05, 0) is 19.8 Å². The van der Waals surface area contributed by atoms with Crippen LogP contribution in [-0.2, 0) is 9.53 Å². The van der Waals surface area contributed by atoms with Crippen molar-refractivity contribution in [2.24, 2.45) is 0 Å². The third kappa shape index (κ3) is 24.0. The van der Waals surface area contributed by atoms with Crippen LogP contribution in [0.25, 0.3) is 0 Å². The molecule has 0 saturated carbocycles. The van der Waals surface area contributed by atoms with E-state index in [1.54, 1.807) is 0 Å². The van der Waals surface area contributed by atoms with Crippen molar-refractivity contribution < 1.29 is 71.1 Å². The van der Waals surface area contributed by atoms with Gasteiger partial charge in [0.15, 0.2) is 0 Å². The molecule has 1 unspecified atom stereocenters. The van der Waals surface area contributed by atoms with Gasteiger partial charge < -0.3 is 20.3 Å². The maximum absolute atomic E-state index is 10.1. The standard InChI is InChI=1S/C8H18O2.C5H6NO2.K/c1-3-4-7-10-8(2)5-6-9;1-2-3-6-5(8)4-7;/h8-9H,3-7H2,1-2H3;1H,3-4H2,(H,6,8);/q;-1;+1. The number of amides is 1. The zero-order valence-electron chi connectivity index (χ0n) is 12.3. The second-order valence-electron chi connectivity index (χ2n) is 3.67. The minimum Gasteiger partial charge on any atom is -0.848 e. The van der Waals surface area contributed by atoms with Crippen molar-refractivity contribution >= 4 is 5.91 Å². The van der Waals surface area contributed by atoms with Crippen LogP contribution in [0.2, 0.25) is 0 Å². The van der Waals surface area contributed by atoms with E-state index < -0.39 is 12.5 Å². The Labute approximate surface area is 158 Å². The van der Waals surface area contributed by atoms with E-state index in [1.807, 2.05) is 6.92 Å². The van der Waals surface area contributed by atoms with Gasteiger partial charge in [-0.15, -0.1) is 6.42 Å². The summed E-state index contributed by atoms with van der Waals surface area (Å²) in [5, 5.41) is 20.4. The van der Waals surface area contributed by atoms with E-state index in [2.05, 4.69) is 18.2 Å². The van der Waals surface area contributed by atoms with Crippen LogP contribution in [0, 0.1) is 12.3 Å². The Hall–Kier alpha value is 0.546. The van der Waals surface area contributed by atoms with Crippen LogP contribution < -0.4 is 61.8 Å². The van der Waals surface area contributed by atoms with Gasteiger partial charge in [0.2, 0.25) is 5.91 Å². The number of nitrogens with one attached hydrogen (secondary N) is 1. The van der Waals surface area contributed by atoms with Gasteiger partial charge in [0, 0.05) is 13.2 Å². The maximum Gasteiger partial charge on any atom is 1.00 e. The molecule has 0 radical (unpaired) electrons. The Morgan fingerprint density at radius 2 is 2.21 bits per heavy atom. The minimum atomic E-state index is -0.748. The summed E-state index contributed by atoms with van der Waals surface area (Å²) in [6.07, 6.45) is 8.03. The Morgan fingerprint density at radius 1 is 1.58 bits per heavy atom. The molecule has 0 aliphatic rings. The van der Waals surface area contributed by atoms with Crippen molar-refractivity contribution in [2.45, 2.75) is 39.2 Å². The van der Waals surface area contributed by atoms with E-state index in [0.29, 0.717) is 0 Å². The quantitative estimate of drug-likeness (QED) is 0.279. The van der Waals surface area contributed by atoms with Crippen molar-refractivity contribution in [3.63, 3.8) is 0 Å². The van der Waals surface area contributed by atoms with Crippen molar-refractivity contribution in [2.75, 3.05) is 26.4 Å². The average Bonchev–Trinajstić information content (AvgIpc) is 2.37. The number of carbonyl (C=O) groups excluding carboxylic acids is 1. The number of aliphatic hydroxyl groups is 1. The zero-order chi connectivity index (χ0) is 14.2. The molecule has 0 aromatic carbocycles. The van der Waals surface area contributed by atoms with Gasteiger partial charge in [-0.25, -0.2) is 0 Å². The van der Waals surface area contributed by atoms with Crippen molar-refractivity contribution in [1.29, 1.82) is 0 Å². The van der Waals surface area contributed by atoms with Crippen LogP contribution in [0.1, 0.15) is 33.1 Å². The summed E-state index contributed by atoms with van der Waals surface area (Å²) >= 11 is 0. The van der Waals surface area contributed by atoms with Gasteiger partial charge in [-0.1, -0.05) is 25.9 Å². The number of rotatable bonds is 8. The minimum absolute atomic E-state index is 0. The Bertz CT molecular complexity index is 231. The molecule has 0 bridgehead atoms. The van der Waals surface area contributed by atoms with Gasteiger partial charge in [0.05, 0.1) is 12.6 Å². The smallest absolute Gasteiger partial charge is 0.848 e. The van der Waals surface area contributed by atoms with Crippen molar-refractivity contribution in [3.8, 4) is 12.3 Å². The van der Waals surface area contributed by atoms with E-state index in [9.17, 15) is 9.90 Å². The van der Waals surface area contributed by atoms with Crippen molar-refractivity contribution in [1.82, 2.24) is 5.32 Å². The fraction of sp³-hybridized carbons (Fsp3) is 0.769. The molecule has 0 heterocycles. The summed E-state index contributed by atoms with van der Waals surface area (Å²) in [5.74, 6) is 1.61.